The second kappa shape index (κ2) is 4.73. The van der Waals surface area contributed by atoms with Crippen molar-refractivity contribution in [1.29, 1.82) is 0 Å². The molecule has 0 N–H and O–H groups in total. The van der Waals surface area contributed by atoms with Gasteiger partial charge in [-0.25, -0.2) is 0 Å². The molecule has 11 heavy (non-hydrogen) atoms. The highest BCUT2D eigenvalue weighted by molar-refractivity contribution is 4.68. The van der Waals surface area contributed by atoms with Crippen molar-refractivity contribution < 1.29 is 4.74 Å². The monoisotopic (exact) mass is 157 g/mol. The van der Waals surface area contributed by atoms with Gasteiger partial charge < -0.3 is 4.74 Å². The first-order chi connectivity index (χ1) is 5.34. The largest absolute Gasteiger partial charge is 0.379 e. The average Bonchev–Trinajstić information content (AvgIpc) is 2.07. The minimum absolute atomic E-state index is 0.754. The van der Waals surface area contributed by atoms with Gasteiger partial charge in [0.15, 0.2) is 0 Å². The third-order valence-corrected chi connectivity index (χ3v) is 2.38. The molecular formula is C9H19NO. The molecule has 1 unspecified atom stereocenters. The highest BCUT2D eigenvalue weighted by Crippen LogP contribution is 2.08. The lowest BCUT2D eigenvalue weighted by atomic mass is 10.1. The van der Waals surface area contributed by atoms with Gasteiger partial charge in [-0.05, 0) is 13.3 Å². The third-order valence-electron chi connectivity index (χ3n) is 2.38. The summed E-state index contributed by atoms with van der Waals surface area (Å²) in [5, 5.41) is 0. The second-order valence-electron chi connectivity index (χ2n) is 3.29. The van der Waals surface area contributed by atoms with Crippen LogP contribution in [-0.4, -0.2) is 37.2 Å². The highest BCUT2D eigenvalue weighted by Gasteiger charge is 2.15. The molecule has 1 aliphatic rings. The van der Waals surface area contributed by atoms with E-state index < -0.39 is 0 Å². The fourth-order valence-electron chi connectivity index (χ4n) is 1.62. The number of nitrogens with zero attached hydrogens (tertiary/aromatic N) is 1. The molecule has 2 nitrogen and oxygen atoms in total. The van der Waals surface area contributed by atoms with Crippen molar-refractivity contribution in [2.24, 2.45) is 0 Å². The van der Waals surface area contributed by atoms with Crippen molar-refractivity contribution in [3.63, 3.8) is 0 Å². The number of morpholine rings is 1. The van der Waals surface area contributed by atoms with Gasteiger partial charge in [0.2, 0.25) is 0 Å². The Bertz CT molecular complexity index is 99.7. The van der Waals surface area contributed by atoms with Crippen LogP contribution in [0.25, 0.3) is 0 Å². The van der Waals surface area contributed by atoms with Crippen LogP contribution in [0.4, 0.5) is 0 Å². The SMILES string of the molecule is CCCC(C)N1CCOCC1. The van der Waals surface area contributed by atoms with E-state index in [0.29, 0.717) is 0 Å². The maximum atomic E-state index is 5.29. The molecule has 0 aromatic rings. The molecule has 0 radical (unpaired) electrons. The molecule has 0 amide bonds. The first-order valence-electron chi connectivity index (χ1n) is 4.66. The Balaban J connectivity index is 2.21. The Morgan fingerprint density at radius 2 is 2.00 bits per heavy atom. The summed E-state index contributed by atoms with van der Waals surface area (Å²) < 4.78 is 5.29. The van der Waals surface area contributed by atoms with Gasteiger partial charge in [-0.2, -0.15) is 0 Å². The molecule has 0 aromatic heterocycles. The summed E-state index contributed by atoms with van der Waals surface area (Å²) in [7, 11) is 0. The van der Waals surface area contributed by atoms with Gasteiger partial charge in [-0.3, -0.25) is 4.90 Å². The van der Waals surface area contributed by atoms with Crippen molar-refractivity contribution in [1.82, 2.24) is 4.90 Å². The summed E-state index contributed by atoms with van der Waals surface area (Å²) in [6, 6.07) is 0.754. The summed E-state index contributed by atoms with van der Waals surface area (Å²) in [5.41, 5.74) is 0. The van der Waals surface area contributed by atoms with Gasteiger partial charge in [0.25, 0.3) is 0 Å². The fraction of sp³-hybridized carbons (Fsp3) is 1.00. The van der Waals surface area contributed by atoms with Crippen LogP contribution in [0.2, 0.25) is 0 Å². The van der Waals surface area contributed by atoms with Crippen molar-refractivity contribution in [3.05, 3.63) is 0 Å². The van der Waals surface area contributed by atoms with Gasteiger partial charge in [0.05, 0.1) is 13.2 Å². The molecule has 0 spiro atoms. The van der Waals surface area contributed by atoms with Crippen molar-refractivity contribution in [3.8, 4) is 0 Å². The van der Waals surface area contributed by atoms with Gasteiger partial charge in [-0.15, -0.1) is 0 Å². The normalized spacial score (nSPS) is 23.5. The number of ether oxygens (including phenoxy) is 1. The molecular weight excluding hydrogens is 138 g/mol. The van der Waals surface area contributed by atoms with Gasteiger partial charge in [-0.1, -0.05) is 13.3 Å². The van der Waals surface area contributed by atoms with Crippen LogP contribution in [0.3, 0.4) is 0 Å². The van der Waals surface area contributed by atoms with Crippen LogP contribution in [0.5, 0.6) is 0 Å². The van der Waals surface area contributed by atoms with E-state index in [9.17, 15) is 0 Å². The average molecular weight is 157 g/mol. The summed E-state index contributed by atoms with van der Waals surface area (Å²) in [6.45, 7) is 8.66. The minimum Gasteiger partial charge on any atom is -0.379 e. The van der Waals surface area contributed by atoms with Crippen LogP contribution in [0.15, 0.2) is 0 Å². The summed E-state index contributed by atoms with van der Waals surface area (Å²) in [5.74, 6) is 0. The molecule has 1 saturated heterocycles. The molecule has 2 heteroatoms. The number of hydrogen-bond acceptors (Lipinski definition) is 2. The molecule has 0 aliphatic carbocycles. The van der Waals surface area contributed by atoms with Crippen LogP contribution in [0.1, 0.15) is 26.7 Å². The maximum Gasteiger partial charge on any atom is 0.0594 e. The van der Waals surface area contributed by atoms with E-state index in [1.54, 1.807) is 0 Å². The third kappa shape index (κ3) is 2.80. The Hall–Kier alpha value is -0.0800. The quantitative estimate of drug-likeness (QED) is 0.615. The lowest BCUT2D eigenvalue weighted by Gasteiger charge is -2.32. The molecule has 1 rings (SSSR count). The Kier molecular flexibility index (Phi) is 3.87. The van der Waals surface area contributed by atoms with E-state index in [-0.39, 0.29) is 0 Å². The molecule has 1 fully saturated rings. The Morgan fingerprint density at radius 3 is 2.55 bits per heavy atom. The zero-order valence-electron chi connectivity index (χ0n) is 7.68. The van der Waals surface area contributed by atoms with Gasteiger partial charge in [0, 0.05) is 19.1 Å². The predicted molar refractivity (Wildman–Crippen MR) is 46.8 cm³/mol. The molecule has 1 atom stereocenters. The summed E-state index contributed by atoms with van der Waals surface area (Å²) >= 11 is 0. The molecule has 0 bridgehead atoms. The van der Waals surface area contributed by atoms with Crippen LogP contribution in [-0.2, 0) is 4.74 Å². The second-order valence-corrected chi connectivity index (χ2v) is 3.29. The lowest BCUT2D eigenvalue weighted by Crippen LogP contribution is -2.41. The summed E-state index contributed by atoms with van der Waals surface area (Å²) in [6.07, 6.45) is 2.61. The predicted octanol–water partition coefficient (Wildman–Crippen LogP) is 1.51. The van der Waals surface area contributed by atoms with E-state index >= 15 is 0 Å². The van der Waals surface area contributed by atoms with Crippen LogP contribution >= 0.6 is 0 Å². The van der Waals surface area contributed by atoms with Crippen LogP contribution in [0, 0.1) is 0 Å². The van der Waals surface area contributed by atoms with Crippen molar-refractivity contribution >= 4 is 0 Å². The Morgan fingerprint density at radius 1 is 1.36 bits per heavy atom. The van der Waals surface area contributed by atoms with Crippen molar-refractivity contribution in [2.75, 3.05) is 26.3 Å². The molecule has 0 aromatic carbocycles. The van der Waals surface area contributed by atoms with E-state index in [4.69, 9.17) is 4.74 Å². The van der Waals surface area contributed by atoms with Crippen LogP contribution < -0.4 is 0 Å². The summed E-state index contributed by atoms with van der Waals surface area (Å²) in [4.78, 5) is 2.52. The van der Waals surface area contributed by atoms with E-state index in [1.165, 1.54) is 12.8 Å². The van der Waals surface area contributed by atoms with Crippen molar-refractivity contribution in [2.45, 2.75) is 32.7 Å². The molecule has 1 aliphatic heterocycles. The van der Waals surface area contributed by atoms with E-state index in [1.807, 2.05) is 0 Å². The minimum atomic E-state index is 0.754. The molecule has 66 valence electrons. The lowest BCUT2D eigenvalue weighted by molar-refractivity contribution is 0.0185. The zero-order chi connectivity index (χ0) is 8.10. The maximum absolute atomic E-state index is 5.29. The standard InChI is InChI=1S/C9H19NO/c1-3-4-9(2)10-5-7-11-8-6-10/h9H,3-8H2,1-2H3. The fourth-order valence-corrected chi connectivity index (χ4v) is 1.62. The van der Waals surface area contributed by atoms with Gasteiger partial charge >= 0.3 is 0 Å². The first-order valence-corrected chi connectivity index (χ1v) is 4.66. The topological polar surface area (TPSA) is 12.5 Å². The van der Waals surface area contributed by atoms with Gasteiger partial charge in [0.1, 0.15) is 0 Å². The highest BCUT2D eigenvalue weighted by atomic mass is 16.5. The first kappa shape index (κ1) is 9.01. The Labute approximate surface area is 69.5 Å². The zero-order valence-corrected chi connectivity index (χ0v) is 7.68. The number of hydrogen-bond donors (Lipinski definition) is 0. The molecule has 1 heterocycles. The molecule has 0 saturated carbocycles. The smallest absolute Gasteiger partial charge is 0.0594 e. The van der Waals surface area contributed by atoms with E-state index in [0.717, 1.165) is 32.3 Å². The van der Waals surface area contributed by atoms with E-state index in [2.05, 4.69) is 18.7 Å². The number of rotatable bonds is 3.